The summed E-state index contributed by atoms with van der Waals surface area (Å²) in [6.07, 6.45) is 16.3. The first-order valence-electron chi connectivity index (χ1n) is 33.2. The van der Waals surface area contributed by atoms with E-state index in [9.17, 15) is 0 Å². The summed E-state index contributed by atoms with van der Waals surface area (Å²) in [6.45, 7) is 10.6. The van der Waals surface area contributed by atoms with Crippen LogP contribution in [-0.2, 0) is 4.74 Å². The van der Waals surface area contributed by atoms with Crippen LogP contribution >= 0.6 is 23.5 Å². The van der Waals surface area contributed by atoms with Gasteiger partial charge >= 0.3 is 0 Å². The summed E-state index contributed by atoms with van der Waals surface area (Å²) in [6, 6.07) is 48.7. The van der Waals surface area contributed by atoms with Gasteiger partial charge in [0.25, 0.3) is 0 Å². The Morgan fingerprint density at radius 2 is 0.705 bits per heavy atom. The number of ether oxygens (including phenoxy) is 4. The lowest BCUT2D eigenvalue weighted by Crippen LogP contribution is -2.11. The predicted molar refractivity (Wildman–Crippen MR) is 417 cm³/mol. The van der Waals surface area contributed by atoms with Gasteiger partial charge in [0.1, 0.15) is 47.0 Å². The van der Waals surface area contributed by atoms with E-state index in [1.807, 2.05) is 116 Å². The van der Waals surface area contributed by atoms with Crippen LogP contribution in [0.3, 0.4) is 0 Å². The number of fused-ring (bicyclic) bond motifs is 15. The van der Waals surface area contributed by atoms with Crippen molar-refractivity contribution in [3.8, 4) is 17.2 Å². The number of pyridine rings is 10. The van der Waals surface area contributed by atoms with Crippen molar-refractivity contribution in [2.24, 2.45) is 31.5 Å². The molecule has 10 heterocycles. The van der Waals surface area contributed by atoms with E-state index in [0.29, 0.717) is 95.0 Å². The summed E-state index contributed by atoms with van der Waals surface area (Å²) < 4.78 is 22.1. The van der Waals surface area contributed by atoms with Crippen LogP contribution in [0, 0.1) is 0 Å². The lowest BCUT2D eigenvalue weighted by Gasteiger charge is -2.11. The van der Waals surface area contributed by atoms with Gasteiger partial charge in [0.2, 0.25) is 0 Å². The van der Waals surface area contributed by atoms with Gasteiger partial charge in [-0.2, -0.15) is 0 Å². The Bertz CT molecular complexity index is 5580. The smallest absolute Gasteiger partial charge is 0.131 e. The Hall–Kier alpha value is -12.4. The second-order valence-corrected chi connectivity index (χ2v) is 25.8. The molecule has 0 bridgehead atoms. The molecule has 27 heteroatoms. The first-order chi connectivity index (χ1) is 51.5. The summed E-state index contributed by atoms with van der Waals surface area (Å²) in [5.41, 5.74) is 16.2. The molecule has 530 valence electrons. The van der Waals surface area contributed by atoms with Crippen molar-refractivity contribution < 1.29 is 45.0 Å². The largest absolute Gasteiger partial charge is 0.493 e. The summed E-state index contributed by atoms with van der Waals surface area (Å²) >= 11 is 3.55. The molecule has 0 aliphatic heterocycles. The Kier molecular flexibility index (Phi) is 25.6. The molecule has 0 unspecified atom stereocenters. The van der Waals surface area contributed by atoms with Crippen LogP contribution in [0.4, 0.5) is 0 Å². The molecule has 0 atom stereocenters. The number of nitrogens with zero attached hydrogens (tertiary/aromatic N) is 15. The normalized spacial score (nSPS) is 11.6. The van der Waals surface area contributed by atoms with Gasteiger partial charge in [-0.15, -0.1) is 23.5 Å². The number of benzene rings is 5. The van der Waals surface area contributed by atoms with Crippen LogP contribution in [0.15, 0.2) is 218 Å². The number of rotatable bonds is 19. The zero-order chi connectivity index (χ0) is 73.4. The van der Waals surface area contributed by atoms with Gasteiger partial charge in [-0.05, 0) is 79.8 Å². The molecule has 0 saturated heterocycles. The summed E-state index contributed by atoms with van der Waals surface area (Å²) in [5.74, 6) is 3.05. The van der Waals surface area contributed by atoms with Gasteiger partial charge in [-0.25, -0.2) is 24.9 Å². The van der Waals surface area contributed by atoms with E-state index in [0.717, 1.165) is 120 Å². The van der Waals surface area contributed by atoms with Crippen LogP contribution in [0.2, 0.25) is 0 Å². The third kappa shape index (κ3) is 17.9. The minimum absolute atomic E-state index is 0.398. The highest BCUT2D eigenvalue weighted by Gasteiger charge is 2.17. The molecule has 5 aromatic carbocycles. The van der Waals surface area contributed by atoms with Crippen molar-refractivity contribution in [1.29, 1.82) is 0 Å². The molecule has 15 aromatic rings. The topological polar surface area (TPSA) is 355 Å². The summed E-state index contributed by atoms with van der Waals surface area (Å²) in [4.78, 5) is 47.0. The quantitative estimate of drug-likeness (QED) is 0.0109. The molecule has 0 radical (unpaired) electrons. The maximum Gasteiger partial charge on any atom is 0.131 e. The fourth-order valence-corrected chi connectivity index (χ4v) is 13.2. The minimum Gasteiger partial charge on any atom is -0.493 e. The third-order valence-corrected chi connectivity index (χ3v) is 18.0. The molecule has 15 rings (SSSR count). The van der Waals surface area contributed by atoms with E-state index < -0.39 is 0 Å². The third-order valence-electron chi connectivity index (χ3n) is 15.7. The molecule has 10 aromatic heterocycles. The van der Waals surface area contributed by atoms with Crippen LogP contribution < -0.4 is 19.9 Å². The van der Waals surface area contributed by atoms with E-state index in [-0.39, 0.29) is 0 Å². The van der Waals surface area contributed by atoms with Crippen LogP contribution in [0.5, 0.6) is 17.2 Å². The number of oxime groups is 5. The molecule has 0 saturated carbocycles. The van der Waals surface area contributed by atoms with Crippen LogP contribution in [-0.4, -0.2) is 158 Å². The molecule has 105 heavy (non-hydrogen) atoms. The van der Waals surface area contributed by atoms with E-state index in [2.05, 4.69) is 121 Å². The predicted octanol–water partition coefficient (Wildman–Crippen LogP) is 15.7. The maximum absolute atomic E-state index is 8.78. The minimum atomic E-state index is 0.398. The second-order valence-electron chi connectivity index (χ2n) is 23.1. The van der Waals surface area contributed by atoms with Crippen LogP contribution in [0.1, 0.15) is 62.6 Å². The molecule has 0 aliphatic rings. The molecular formula is C78H72N16O9S2. The van der Waals surface area contributed by atoms with Gasteiger partial charge in [0.15, 0.2) is 0 Å². The van der Waals surface area contributed by atoms with Crippen molar-refractivity contribution in [2.45, 2.75) is 49.2 Å². The number of aromatic nitrogens is 10. The molecule has 0 amide bonds. The maximum atomic E-state index is 8.78. The average molecular weight is 1440 g/mol. The van der Waals surface area contributed by atoms with Gasteiger partial charge in [0.05, 0.1) is 111 Å². The monoisotopic (exact) mass is 1440 g/mol. The standard InChI is InChI=1S/C16H15N3O3.2C16H15N3OS.C15H14N4O2.C15H13N3O2/c1-21-7-8-22-14-9-12(10-18-20)19-16-13(14)5-4-11-3-2-6-17-15(11)16;1-10(2)21-14-8-12(9-18-20)19-16-13(14)6-5-11-4-3-7-17-15(11)16;1-2-8-21-14-9-12(10-18-20)19-16-13(14)6-5-11-4-3-7-17-15(11)16;16-5-7-21-13-8-11(9-18-20)19-15-12(13)4-3-10-2-1-6-17-14(10)15;1-2-20-13-8-11(9-17-19)18-15-12(13)6-5-10-4-3-7-16-14(10)15/h2-6,9-10,20H,7-8H2,1H3;3-10,20H,1-2H3;3-7,9-10,20H,2,8H2,1H3;1-4,6,8-9,20H,5,7,16H2;3-9,19H,2H2,1H3. The Labute approximate surface area is 610 Å². The van der Waals surface area contributed by atoms with Gasteiger partial charge < -0.3 is 50.7 Å². The molecule has 0 fully saturated rings. The lowest BCUT2D eigenvalue weighted by molar-refractivity contribution is 0.147. The van der Waals surface area contributed by atoms with Crippen molar-refractivity contribution >= 4 is 164 Å². The van der Waals surface area contributed by atoms with Crippen LogP contribution in [0.25, 0.3) is 109 Å². The van der Waals surface area contributed by atoms with Crippen molar-refractivity contribution in [2.75, 3.05) is 45.8 Å². The Balaban J connectivity index is 0.000000131. The molecule has 0 aliphatic carbocycles. The molecule has 0 spiro atoms. The second kappa shape index (κ2) is 36.4. The van der Waals surface area contributed by atoms with E-state index in [1.54, 1.807) is 79.8 Å². The van der Waals surface area contributed by atoms with Crippen molar-refractivity contribution in [3.05, 3.63) is 211 Å². The van der Waals surface area contributed by atoms with E-state index in [1.165, 1.54) is 31.1 Å². The highest BCUT2D eigenvalue weighted by molar-refractivity contribution is 8.00. The highest BCUT2D eigenvalue weighted by Crippen LogP contribution is 2.37. The number of thioether (sulfide) groups is 2. The first kappa shape index (κ1) is 73.8. The fraction of sp³-hybridized carbons (Fsp3) is 0.167. The first-order valence-corrected chi connectivity index (χ1v) is 35.0. The van der Waals surface area contributed by atoms with Crippen molar-refractivity contribution in [3.63, 3.8) is 0 Å². The number of methoxy groups -OCH3 is 1. The summed E-state index contributed by atoms with van der Waals surface area (Å²) in [7, 11) is 1.62. The van der Waals surface area contributed by atoms with Gasteiger partial charge in [0, 0.05) is 132 Å². The number of hydrogen-bond donors (Lipinski definition) is 6. The highest BCUT2D eigenvalue weighted by atomic mass is 32.2. The number of nitrogens with two attached hydrogens (primary N) is 1. The van der Waals surface area contributed by atoms with E-state index >= 15 is 0 Å². The fourth-order valence-electron chi connectivity index (χ4n) is 11.3. The molecule has 25 nitrogen and oxygen atoms in total. The SMILES string of the molecule is CC(C)Sc1cc(C=NO)nc2c1ccc1cccnc12.CCCSc1cc(C=NO)nc2c1ccc1cccnc12.CCOc1cc(C=NO)nc2c1ccc1cccnc12.COCCOc1cc(C=NO)nc2c1ccc1cccnc12.NCCOc1cc(C=NO)nc2c1ccc1cccnc12. The molecular weight excluding hydrogens is 1370 g/mol. The van der Waals surface area contributed by atoms with Crippen molar-refractivity contribution in [1.82, 2.24) is 49.8 Å². The number of hydrogen-bond acceptors (Lipinski definition) is 27. The van der Waals surface area contributed by atoms with Gasteiger partial charge in [-0.1, -0.05) is 119 Å². The van der Waals surface area contributed by atoms with E-state index in [4.69, 9.17) is 50.7 Å². The Morgan fingerprint density at radius 1 is 0.390 bits per heavy atom. The zero-order valence-corrected chi connectivity index (χ0v) is 59.3. The Morgan fingerprint density at radius 3 is 1.03 bits per heavy atom. The molecule has 7 N–H and O–H groups in total. The average Bonchev–Trinajstić information content (AvgIpc) is 0.812. The summed E-state index contributed by atoms with van der Waals surface area (Å²) in [5, 5.41) is 69.4. The van der Waals surface area contributed by atoms with Gasteiger partial charge in [-0.3, -0.25) is 24.9 Å². The lowest BCUT2D eigenvalue weighted by atomic mass is 10.1. The zero-order valence-electron chi connectivity index (χ0n) is 57.7.